The fourth-order valence-electron chi connectivity index (χ4n) is 1.78. The highest BCUT2D eigenvalue weighted by Gasteiger charge is 2.05. The number of rotatable bonds is 4. The Morgan fingerprint density at radius 2 is 2.22 bits per heavy atom. The average molecular weight is 312 g/mol. The molecule has 0 saturated carbocycles. The fraction of sp³-hybridized carbons (Fsp3) is 0.308. The predicted molar refractivity (Wildman–Crippen MR) is 74.2 cm³/mol. The fourth-order valence-corrected chi connectivity index (χ4v) is 2.12. The largest absolute Gasteiger partial charge is 0.384 e. The van der Waals surface area contributed by atoms with Gasteiger partial charge in [-0.2, -0.15) is 5.10 Å². The van der Waals surface area contributed by atoms with Gasteiger partial charge in [0.05, 0.1) is 10.7 Å². The maximum absolute atomic E-state index is 13.3. The average Bonchev–Trinajstić information content (AvgIpc) is 2.71. The van der Waals surface area contributed by atoms with Gasteiger partial charge < -0.3 is 5.32 Å². The highest BCUT2D eigenvalue weighted by molar-refractivity contribution is 9.10. The minimum absolute atomic E-state index is 0.231. The van der Waals surface area contributed by atoms with E-state index in [9.17, 15) is 4.39 Å². The SMILES string of the molecule is Cc1cc(F)c(Br)cc1NCCc1cnn(C)c1. The molecule has 0 saturated heterocycles. The van der Waals surface area contributed by atoms with Crippen molar-refractivity contribution in [1.82, 2.24) is 9.78 Å². The third-order valence-electron chi connectivity index (χ3n) is 2.75. The summed E-state index contributed by atoms with van der Waals surface area (Å²) in [5.74, 6) is -0.231. The molecule has 0 spiro atoms. The summed E-state index contributed by atoms with van der Waals surface area (Å²) < 4.78 is 15.5. The standard InChI is InChI=1S/C13H15BrFN3/c1-9-5-12(15)11(14)6-13(9)16-4-3-10-7-17-18(2)8-10/h5-8,16H,3-4H2,1-2H3. The van der Waals surface area contributed by atoms with Gasteiger partial charge in [-0.15, -0.1) is 0 Å². The van der Waals surface area contributed by atoms with Gasteiger partial charge in [0, 0.05) is 25.5 Å². The summed E-state index contributed by atoms with van der Waals surface area (Å²) in [6.45, 7) is 2.69. The minimum atomic E-state index is -0.231. The van der Waals surface area contributed by atoms with E-state index in [0.29, 0.717) is 4.47 Å². The lowest BCUT2D eigenvalue weighted by Gasteiger charge is -2.10. The van der Waals surface area contributed by atoms with Gasteiger partial charge >= 0.3 is 0 Å². The van der Waals surface area contributed by atoms with E-state index >= 15 is 0 Å². The lowest BCUT2D eigenvalue weighted by Crippen LogP contribution is -2.06. The Morgan fingerprint density at radius 3 is 2.89 bits per heavy atom. The molecule has 0 amide bonds. The molecule has 2 aromatic rings. The number of anilines is 1. The first-order valence-corrected chi connectivity index (χ1v) is 6.52. The molecule has 96 valence electrons. The van der Waals surface area contributed by atoms with E-state index < -0.39 is 0 Å². The molecule has 1 heterocycles. The maximum Gasteiger partial charge on any atom is 0.137 e. The van der Waals surface area contributed by atoms with Crippen LogP contribution in [0.25, 0.3) is 0 Å². The summed E-state index contributed by atoms with van der Waals surface area (Å²) in [5.41, 5.74) is 3.04. The van der Waals surface area contributed by atoms with E-state index in [2.05, 4.69) is 26.3 Å². The van der Waals surface area contributed by atoms with Crippen LogP contribution in [-0.4, -0.2) is 16.3 Å². The quantitative estimate of drug-likeness (QED) is 0.939. The Labute approximate surface area is 114 Å². The smallest absolute Gasteiger partial charge is 0.137 e. The van der Waals surface area contributed by atoms with E-state index in [1.807, 2.05) is 26.4 Å². The number of aryl methyl sites for hydroxylation is 2. The van der Waals surface area contributed by atoms with Crippen molar-refractivity contribution in [1.29, 1.82) is 0 Å². The second-order valence-electron chi connectivity index (χ2n) is 4.28. The summed E-state index contributed by atoms with van der Waals surface area (Å²) >= 11 is 3.19. The van der Waals surface area contributed by atoms with Gasteiger partial charge in [-0.1, -0.05) is 0 Å². The van der Waals surface area contributed by atoms with E-state index in [1.54, 1.807) is 10.7 Å². The van der Waals surface area contributed by atoms with Gasteiger partial charge in [0.15, 0.2) is 0 Å². The molecule has 3 nitrogen and oxygen atoms in total. The summed E-state index contributed by atoms with van der Waals surface area (Å²) in [7, 11) is 1.90. The topological polar surface area (TPSA) is 29.9 Å². The normalized spacial score (nSPS) is 10.7. The van der Waals surface area contributed by atoms with E-state index in [4.69, 9.17) is 0 Å². The number of nitrogens with one attached hydrogen (secondary N) is 1. The molecule has 0 bridgehead atoms. The Balaban J connectivity index is 1.96. The molecule has 1 N–H and O–H groups in total. The zero-order valence-corrected chi connectivity index (χ0v) is 12.0. The van der Waals surface area contributed by atoms with Crippen LogP contribution in [0.2, 0.25) is 0 Å². The molecule has 18 heavy (non-hydrogen) atoms. The zero-order valence-electron chi connectivity index (χ0n) is 10.4. The third-order valence-corrected chi connectivity index (χ3v) is 3.36. The molecule has 0 aliphatic rings. The highest BCUT2D eigenvalue weighted by atomic mass is 79.9. The summed E-state index contributed by atoms with van der Waals surface area (Å²) in [4.78, 5) is 0. The van der Waals surface area contributed by atoms with Crippen LogP contribution in [0.1, 0.15) is 11.1 Å². The van der Waals surface area contributed by atoms with Gasteiger partial charge in [0.25, 0.3) is 0 Å². The highest BCUT2D eigenvalue weighted by Crippen LogP contribution is 2.24. The number of aromatic nitrogens is 2. The van der Waals surface area contributed by atoms with E-state index in [-0.39, 0.29) is 5.82 Å². The number of hydrogen-bond donors (Lipinski definition) is 1. The van der Waals surface area contributed by atoms with Crippen molar-refractivity contribution in [2.45, 2.75) is 13.3 Å². The lowest BCUT2D eigenvalue weighted by atomic mass is 10.2. The van der Waals surface area contributed by atoms with Crippen molar-refractivity contribution < 1.29 is 4.39 Å². The summed E-state index contributed by atoms with van der Waals surface area (Å²) in [6, 6.07) is 3.30. The number of hydrogen-bond acceptors (Lipinski definition) is 2. The van der Waals surface area contributed by atoms with Crippen molar-refractivity contribution in [3.63, 3.8) is 0 Å². The summed E-state index contributed by atoms with van der Waals surface area (Å²) in [6.07, 6.45) is 4.74. The monoisotopic (exact) mass is 311 g/mol. The molecular formula is C13H15BrFN3. The Kier molecular flexibility index (Phi) is 4.01. The van der Waals surface area contributed by atoms with Crippen LogP contribution in [0.15, 0.2) is 29.0 Å². The molecule has 0 unspecified atom stereocenters. The zero-order chi connectivity index (χ0) is 13.1. The molecule has 5 heteroatoms. The third kappa shape index (κ3) is 3.10. The van der Waals surface area contributed by atoms with Gasteiger partial charge in [0.2, 0.25) is 0 Å². The molecule has 0 aliphatic heterocycles. The van der Waals surface area contributed by atoms with Crippen LogP contribution in [0.5, 0.6) is 0 Å². The van der Waals surface area contributed by atoms with Crippen molar-refractivity contribution in [3.05, 3.63) is 45.9 Å². The van der Waals surface area contributed by atoms with Crippen molar-refractivity contribution in [2.75, 3.05) is 11.9 Å². The van der Waals surface area contributed by atoms with Crippen LogP contribution in [0.4, 0.5) is 10.1 Å². The second-order valence-corrected chi connectivity index (χ2v) is 5.13. The number of halogens is 2. The van der Waals surface area contributed by atoms with Crippen LogP contribution < -0.4 is 5.32 Å². The number of nitrogens with zero attached hydrogens (tertiary/aromatic N) is 2. The Hall–Kier alpha value is -1.36. The Morgan fingerprint density at radius 1 is 1.44 bits per heavy atom. The number of benzene rings is 1. The molecule has 1 aromatic heterocycles. The van der Waals surface area contributed by atoms with Gasteiger partial charge in [-0.3, -0.25) is 4.68 Å². The van der Waals surface area contributed by atoms with Crippen LogP contribution in [0.3, 0.4) is 0 Å². The minimum Gasteiger partial charge on any atom is -0.384 e. The molecule has 0 atom stereocenters. The molecular weight excluding hydrogens is 297 g/mol. The van der Waals surface area contributed by atoms with Crippen LogP contribution in [-0.2, 0) is 13.5 Å². The first-order chi connectivity index (χ1) is 8.56. The first-order valence-electron chi connectivity index (χ1n) is 5.73. The first kappa shape index (κ1) is 13.1. The van der Waals surface area contributed by atoms with Crippen LogP contribution in [0, 0.1) is 12.7 Å². The van der Waals surface area contributed by atoms with E-state index in [0.717, 1.165) is 24.2 Å². The second kappa shape index (κ2) is 5.52. The van der Waals surface area contributed by atoms with Gasteiger partial charge in [0.1, 0.15) is 5.82 Å². The predicted octanol–water partition coefficient (Wildman–Crippen LogP) is 3.28. The lowest BCUT2D eigenvalue weighted by molar-refractivity contribution is 0.620. The van der Waals surface area contributed by atoms with Crippen LogP contribution >= 0.6 is 15.9 Å². The Bertz CT molecular complexity index is 551. The molecule has 0 radical (unpaired) electrons. The maximum atomic E-state index is 13.3. The van der Waals surface area contributed by atoms with Crippen molar-refractivity contribution >= 4 is 21.6 Å². The molecule has 0 aliphatic carbocycles. The molecule has 2 rings (SSSR count). The summed E-state index contributed by atoms with van der Waals surface area (Å²) in [5, 5.41) is 7.42. The molecule has 1 aromatic carbocycles. The van der Waals surface area contributed by atoms with Crippen molar-refractivity contribution in [2.24, 2.45) is 7.05 Å². The van der Waals surface area contributed by atoms with Gasteiger partial charge in [-0.25, -0.2) is 4.39 Å². The van der Waals surface area contributed by atoms with Gasteiger partial charge in [-0.05, 0) is 52.5 Å². The van der Waals surface area contributed by atoms with E-state index in [1.165, 1.54) is 11.6 Å². The molecule has 0 fully saturated rings. The van der Waals surface area contributed by atoms with Crippen molar-refractivity contribution in [3.8, 4) is 0 Å².